The highest BCUT2D eigenvalue weighted by molar-refractivity contribution is 5.98. The summed E-state index contributed by atoms with van der Waals surface area (Å²) in [5.41, 5.74) is 0.535. The van der Waals surface area contributed by atoms with E-state index in [1.165, 1.54) is 0 Å². The monoisotopic (exact) mass is 327 g/mol. The average Bonchev–Trinajstić information content (AvgIpc) is 3.10. The number of aromatic nitrogens is 2. The number of rotatable bonds is 3. The van der Waals surface area contributed by atoms with Crippen molar-refractivity contribution in [3.63, 3.8) is 0 Å². The Hall–Kier alpha value is -2.83. The van der Waals surface area contributed by atoms with E-state index in [-0.39, 0.29) is 12.0 Å². The lowest BCUT2D eigenvalue weighted by Gasteiger charge is -2.23. The van der Waals surface area contributed by atoms with Crippen LogP contribution in [-0.4, -0.2) is 53.4 Å². The van der Waals surface area contributed by atoms with Crippen molar-refractivity contribution in [3.8, 4) is 17.4 Å². The number of likely N-dealkylation sites (tertiary alicyclic amines) is 1. The molecule has 0 spiro atoms. The summed E-state index contributed by atoms with van der Waals surface area (Å²) in [6.07, 6.45) is 2.27. The molecule has 0 saturated carbocycles. The van der Waals surface area contributed by atoms with E-state index in [4.69, 9.17) is 14.2 Å². The first-order chi connectivity index (χ1) is 11.8. The van der Waals surface area contributed by atoms with Crippen LogP contribution < -0.4 is 14.2 Å². The van der Waals surface area contributed by atoms with Crippen LogP contribution in [-0.2, 0) is 0 Å². The van der Waals surface area contributed by atoms with Gasteiger partial charge in [-0.3, -0.25) is 4.79 Å². The number of fused-ring (bicyclic) bond motifs is 1. The third kappa shape index (κ3) is 2.84. The second-order valence-electron chi connectivity index (χ2n) is 5.67. The van der Waals surface area contributed by atoms with E-state index < -0.39 is 0 Å². The van der Waals surface area contributed by atoms with Crippen molar-refractivity contribution in [1.82, 2.24) is 15.1 Å². The molecule has 124 valence electrons. The molecule has 24 heavy (non-hydrogen) atoms. The molecule has 1 fully saturated rings. The first-order valence-corrected chi connectivity index (χ1v) is 7.93. The predicted octanol–water partition coefficient (Wildman–Crippen LogP) is 1.54. The van der Waals surface area contributed by atoms with Crippen molar-refractivity contribution in [2.45, 2.75) is 12.5 Å². The van der Waals surface area contributed by atoms with Crippen molar-refractivity contribution in [2.75, 3.05) is 26.3 Å². The maximum Gasteiger partial charge on any atom is 0.257 e. The quantitative estimate of drug-likeness (QED) is 0.851. The number of carbonyl (C=O) groups excluding carboxylic acids is 1. The zero-order valence-electron chi connectivity index (χ0n) is 13.1. The molecule has 1 aromatic heterocycles. The Labute approximate surface area is 139 Å². The largest absolute Gasteiger partial charge is 0.486 e. The van der Waals surface area contributed by atoms with Crippen LogP contribution in [0, 0.1) is 0 Å². The van der Waals surface area contributed by atoms with Gasteiger partial charge in [0.2, 0.25) is 5.88 Å². The number of hydrogen-bond acceptors (Lipinski definition) is 6. The smallest absolute Gasteiger partial charge is 0.257 e. The Morgan fingerprint density at radius 3 is 3.00 bits per heavy atom. The zero-order chi connectivity index (χ0) is 16.4. The fraction of sp³-hybridized carbons (Fsp3) is 0.353. The minimum Gasteiger partial charge on any atom is -0.486 e. The Kier molecular flexibility index (Phi) is 3.90. The second kappa shape index (κ2) is 6.35. The van der Waals surface area contributed by atoms with Crippen LogP contribution in [0.1, 0.15) is 16.8 Å². The van der Waals surface area contributed by atoms with Crippen molar-refractivity contribution in [2.24, 2.45) is 0 Å². The number of benzene rings is 1. The molecular formula is C17H17N3O4. The van der Waals surface area contributed by atoms with Gasteiger partial charge in [-0.05, 0) is 18.2 Å². The van der Waals surface area contributed by atoms with Crippen LogP contribution in [0.5, 0.6) is 17.4 Å². The van der Waals surface area contributed by atoms with Gasteiger partial charge in [0.15, 0.2) is 11.5 Å². The standard InChI is InChI=1S/C17H17N3O4/c21-17(13-3-1-4-14-16(13)23-10-9-22-14)20-8-6-12(11-20)24-15-5-2-7-18-19-15/h1-5,7,12H,6,8-11H2/t12-/m1/s1. The lowest BCUT2D eigenvalue weighted by atomic mass is 10.1. The Morgan fingerprint density at radius 1 is 1.21 bits per heavy atom. The minimum absolute atomic E-state index is 0.0670. The molecule has 1 amide bonds. The SMILES string of the molecule is O=C(c1cccc2c1OCCO2)N1CC[C@@H](Oc2cccnn2)C1. The first kappa shape index (κ1) is 14.7. The van der Waals surface area contributed by atoms with Crippen LogP contribution in [0.2, 0.25) is 0 Å². The van der Waals surface area contributed by atoms with Crippen LogP contribution in [0.3, 0.4) is 0 Å². The summed E-state index contributed by atoms with van der Waals surface area (Å²) in [5.74, 6) is 1.57. The van der Waals surface area contributed by atoms with Gasteiger partial charge in [-0.1, -0.05) is 6.07 Å². The molecule has 7 nitrogen and oxygen atoms in total. The summed E-state index contributed by atoms with van der Waals surface area (Å²) in [4.78, 5) is 14.6. The normalized spacial score (nSPS) is 19.2. The van der Waals surface area contributed by atoms with E-state index in [0.717, 1.165) is 6.42 Å². The van der Waals surface area contributed by atoms with Crippen LogP contribution in [0.25, 0.3) is 0 Å². The predicted molar refractivity (Wildman–Crippen MR) is 84.4 cm³/mol. The maximum atomic E-state index is 12.8. The highest BCUT2D eigenvalue weighted by atomic mass is 16.6. The molecule has 0 radical (unpaired) electrons. The van der Waals surface area contributed by atoms with Crippen molar-refractivity contribution in [3.05, 3.63) is 42.1 Å². The van der Waals surface area contributed by atoms with Gasteiger partial charge in [-0.25, -0.2) is 0 Å². The number of ether oxygens (including phenoxy) is 3. The summed E-state index contributed by atoms with van der Waals surface area (Å²) in [6.45, 7) is 2.10. The average molecular weight is 327 g/mol. The molecule has 0 aliphatic carbocycles. The molecule has 7 heteroatoms. The number of hydrogen-bond donors (Lipinski definition) is 0. The Morgan fingerprint density at radius 2 is 2.12 bits per heavy atom. The lowest BCUT2D eigenvalue weighted by Crippen LogP contribution is -2.32. The van der Waals surface area contributed by atoms with Crippen LogP contribution in [0.15, 0.2) is 36.5 Å². The Bertz CT molecular complexity index is 738. The van der Waals surface area contributed by atoms with E-state index in [1.54, 1.807) is 29.3 Å². The topological polar surface area (TPSA) is 73.8 Å². The van der Waals surface area contributed by atoms with E-state index in [1.807, 2.05) is 12.1 Å². The van der Waals surface area contributed by atoms with E-state index in [9.17, 15) is 4.79 Å². The summed E-state index contributed by atoms with van der Waals surface area (Å²) < 4.78 is 17.0. The first-order valence-electron chi connectivity index (χ1n) is 7.93. The summed E-state index contributed by atoms with van der Waals surface area (Å²) in [7, 11) is 0. The number of para-hydroxylation sites is 1. The highest BCUT2D eigenvalue weighted by Crippen LogP contribution is 2.34. The van der Waals surface area contributed by atoms with Crippen molar-refractivity contribution < 1.29 is 19.0 Å². The molecule has 2 aliphatic heterocycles. The van der Waals surface area contributed by atoms with E-state index in [0.29, 0.717) is 49.2 Å². The summed E-state index contributed by atoms with van der Waals surface area (Å²) in [5, 5.41) is 7.71. The molecule has 2 aliphatic rings. The molecule has 3 heterocycles. The minimum atomic E-state index is -0.0812. The molecule has 4 rings (SSSR count). The molecule has 0 N–H and O–H groups in total. The maximum absolute atomic E-state index is 12.8. The summed E-state index contributed by atoms with van der Waals surface area (Å²) in [6, 6.07) is 8.93. The fourth-order valence-corrected chi connectivity index (χ4v) is 2.94. The van der Waals surface area contributed by atoms with Gasteiger partial charge in [-0.2, -0.15) is 5.10 Å². The van der Waals surface area contributed by atoms with E-state index in [2.05, 4.69) is 10.2 Å². The molecule has 0 unspecified atom stereocenters. The number of nitrogens with zero attached hydrogens (tertiary/aromatic N) is 3. The molecular weight excluding hydrogens is 310 g/mol. The van der Waals surface area contributed by atoms with Crippen LogP contribution in [0.4, 0.5) is 0 Å². The molecule has 1 atom stereocenters. The van der Waals surface area contributed by atoms with E-state index >= 15 is 0 Å². The van der Waals surface area contributed by atoms with Crippen molar-refractivity contribution in [1.29, 1.82) is 0 Å². The zero-order valence-corrected chi connectivity index (χ0v) is 13.1. The third-order valence-corrected chi connectivity index (χ3v) is 4.06. The van der Waals surface area contributed by atoms with Crippen LogP contribution >= 0.6 is 0 Å². The van der Waals surface area contributed by atoms with Crippen molar-refractivity contribution >= 4 is 5.91 Å². The molecule has 1 saturated heterocycles. The Balaban J connectivity index is 1.46. The summed E-state index contributed by atoms with van der Waals surface area (Å²) >= 11 is 0. The number of amides is 1. The molecule has 2 aromatic rings. The van der Waals surface area contributed by atoms with Gasteiger partial charge < -0.3 is 19.1 Å². The number of carbonyl (C=O) groups is 1. The molecule has 1 aromatic carbocycles. The van der Waals surface area contributed by atoms with Gasteiger partial charge in [-0.15, -0.1) is 5.10 Å². The van der Waals surface area contributed by atoms with Gasteiger partial charge in [0.1, 0.15) is 19.3 Å². The molecule has 0 bridgehead atoms. The third-order valence-electron chi connectivity index (χ3n) is 4.06. The highest BCUT2D eigenvalue weighted by Gasteiger charge is 2.31. The van der Waals surface area contributed by atoms with Gasteiger partial charge in [0, 0.05) is 25.2 Å². The fourth-order valence-electron chi connectivity index (χ4n) is 2.94. The van der Waals surface area contributed by atoms with Gasteiger partial charge >= 0.3 is 0 Å². The second-order valence-corrected chi connectivity index (χ2v) is 5.67. The van der Waals surface area contributed by atoms with Gasteiger partial charge in [0.05, 0.1) is 12.1 Å². The van der Waals surface area contributed by atoms with Gasteiger partial charge in [0.25, 0.3) is 5.91 Å². The lowest BCUT2D eigenvalue weighted by molar-refractivity contribution is 0.0760.